The van der Waals surface area contributed by atoms with E-state index in [0.717, 1.165) is 19.3 Å². The van der Waals surface area contributed by atoms with Gasteiger partial charge in [0.05, 0.1) is 5.54 Å². The van der Waals surface area contributed by atoms with Crippen molar-refractivity contribution >= 4 is 6.21 Å². The maximum Gasteiger partial charge on any atom is 0.0819 e. The zero-order chi connectivity index (χ0) is 14.0. The molecule has 0 spiro atoms. The van der Waals surface area contributed by atoms with E-state index in [4.69, 9.17) is 10.1 Å². The molecule has 110 valence electrons. The van der Waals surface area contributed by atoms with Crippen LogP contribution in [0, 0.1) is 5.92 Å². The van der Waals surface area contributed by atoms with Crippen LogP contribution >= 0.6 is 0 Å². The summed E-state index contributed by atoms with van der Waals surface area (Å²) in [5, 5.41) is 9.05. The molecular formula is C17H31NO. The first-order valence-corrected chi connectivity index (χ1v) is 8.13. The molecule has 1 aliphatic rings. The third-order valence-electron chi connectivity index (χ3n) is 4.38. The molecule has 1 heterocycles. The Morgan fingerprint density at radius 1 is 1.11 bits per heavy atom. The van der Waals surface area contributed by atoms with E-state index in [1.165, 1.54) is 38.5 Å². The largest absolute Gasteiger partial charge is 0.396 e. The molecule has 0 aromatic heterocycles. The van der Waals surface area contributed by atoms with E-state index in [9.17, 15) is 0 Å². The quantitative estimate of drug-likeness (QED) is 0.547. The molecular weight excluding hydrogens is 234 g/mol. The zero-order valence-corrected chi connectivity index (χ0v) is 12.8. The van der Waals surface area contributed by atoms with Gasteiger partial charge in [-0.15, -0.1) is 0 Å². The molecule has 1 rings (SSSR count). The van der Waals surface area contributed by atoms with Crippen molar-refractivity contribution in [3.05, 3.63) is 12.2 Å². The maximum absolute atomic E-state index is 9.05. The highest BCUT2D eigenvalue weighted by Gasteiger charge is 2.35. The number of aliphatic hydroxyl groups is 1. The van der Waals surface area contributed by atoms with Crippen LogP contribution in [-0.2, 0) is 0 Å². The van der Waals surface area contributed by atoms with E-state index in [1.807, 2.05) is 6.21 Å². The van der Waals surface area contributed by atoms with Crippen molar-refractivity contribution in [2.45, 2.75) is 77.2 Å². The number of allylic oxidation sites excluding steroid dienone is 1. The average Bonchev–Trinajstić information content (AvgIpc) is 2.89. The Balaban J connectivity index is 2.48. The fraction of sp³-hybridized carbons (Fsp3) is 0.824. The lowest BCUT2D eigenvalue weighted by atomic mass is 9.76. The lowest BCUT2D eigenvalue weighted by molar-refractivity contribution is 0.234. The van der Waals surface area contributed by atoms with E-state index in [1.54, 1.807) is 0 Å². The highest BCUT2D eigenvalue weighted by molar-refractivity contribution is 5.75. The minimum atomic E-state index is 0.0378. The monoisotopic (exact) mass is 265 g/mol. The number of nitrogens with zero attached hydrogens (tertiary/aromatic N) is 1. The number of hydrogen-bond donors (Lipinski definition) is 1. The van der Waals surface area contributed by atoms with Gasteiger partial charge in [-0.1, -0.05) is 58.4 Å². The van der Waals surface area contributed by atoms with Gasteiger partial charge in [-0.2, -0.15) is 0 Å². The van der Waals surface area contributed by atoms with Gasteiger partial charge in [-0.05, 0) is 31.3 Å². The van der Waals surface area contributed by atoms with Gasteiger partial charge in [0.15, 0.2) is 0 Å². The van der Waals surface area contributed by atoms with Crippen LogP contribution in [0.15, 0.2) is 17.1 Å². The van der Waals surface area contributed by atoms with Crippen LogP contribution in [0.25, 0.3) is 0 Å². The SMILES string of the molecule is CCCCCCCC1(C(CC)CCCO)C=CC=N1. The number of aliphatic imine (C=N–C) groups is 1. The number of hydrogen-bond acceptors (Lipinski definition) is 2. The van der Waals surface area contributed by atoms with Gasteiger partial charge in [0.2, 0.25) is 0 Å². The van der Waals surface area contributed by atoms with Gasteiger partial charge in [-0.3, -0.25) is 4.99 Å². The topological polar surface area (TPSA) is 32.6 Å². The smallest absolute Gasteiger partial charge is 0.0819 e. The fourth-order valence-electron chi connectivity index (χ4n) is 3.18. The van der Waals surface area contributed by atoms with Crippen molar-refractivity contribution in [1.29, 1.82) is 0 Å². The van der Waals surface area contributed by atoms with Gasteiger partial charge in [0.25, 0.3) is 0 Å². The van der Waals surface area contributed by atoms with E-state index >= 15 is 0 Å². The lowest BCUT2D eigenvalue weighted by Crippen LogP contribution is -2.32. The fourth-order valence-corrected chi connectivity index (χ4v) is 3.18. The third-order valence-corrected chi connectivity index (χ3v) is 4.38. The van der Waals surface area contributed by atoms with Crippen molar-refractivity contribution in [1.82, 2.24) is 0 Å². The Labute approximate surface area is 119 Å². The van der Waals surface area contributed by atoms with E-state index in [0.29, 0.717) is 12.5 Å². The van der Waals surface area contributed by atoms with Crippen molar-refractivity contribution in [3.63, 3.8) is 0 Å². The molecule has 2 nitrogen and oxygen atoms in total. The minimum Gasteiger partial charge on any atom is -0.396 e. The summed E-state index contributed by atoms with van der Waals surface area (Å²) in [7, 11) is 0. The van der Waals surface area contributed by atoms with Gasteiger partial charge in [-0.25, -0.2) is 0 Å². The molecule has 0 radical (unpaired) electrons. The summed E-state index contributed by atoms with van der Waals surface area (Å²) in [6.07, 6.45) is 17.3. The third kappa shape index (κ3) is 5.10. The minimum absolute atomic E-state index is 0.0378. The Bertz CT molecular complexity index is 271. The van der Waals surface area contributed by atoms with Crippen molar-refractivity contribution in [3.8, 4) is 0 Å². The molecule has 0 saturated heterocycles. The summed E-state index contributed by atoms with van der Waals surface area (Å²) in [6, 6.07) is 0. The zero-order valence-electron chi connectivity index (χ0n) is 12.8. The first-order valence-electron chi connectivity index (χ1n) is 8.13. The standard InChI is InChI=1S/C17H31NO/c1-3-5-6-7-8-12-17(13-10-14-18-17)16(4-2)11-9-15-19/h10,13-14,16,19H,3-9,11-12,15H2,1-2H3. The Morgan fingerprint density at radius 3 is 2.47 bits per heavy atom. The number of unbranched alkanes of at least 4 members (excludes halogenated alkanes) is 4. The summed E-state index contributed by atoms with van der Waals surface area (Å²) in [6.45, 7) is 4.81. The van der Waals surface area contributed by atoms with Gasteiger partial charge >= 0.3 is 0 Å². The maximum atomic E-state index is 9.05. The molecule has 0 fully saturated rings. The van der Waals surface area contributed by atoms with Crippen LogP contribution in [0.4, 0.5) is 0 Å². The number of aliphatic hydroxyl groups excluding tert-OH is 1. The average molecular weight is 265 g/mol. The van der Waals surface area contributed by atoms with E-state index in [2.05, 4.69) is 26.0 Å². The van der Waals surface area contributed by atoms with Crippen molar-refractivity contribution < 1.29 is 5.11 Å². The van der Waals surface area contributed by atoms with Gasteiger partial charge < -0.3 is 5.11 Å². The van der Waals surface area contributed by atoms with Crippen LogP contribution in [-0.4, -0.2) is 23.5 Å². The molecule has 0 aromatic carbocycles. The van der Waals surface area contributed by atoms with Crippen LogP contribution in [0.1, 0.15) is 71.6 Å². The Morgan fingerprint density at radius 2 is 1.89 bits per heavy atom. The van der Waals surface area contributed by atoms with Crippen molar-refractivity contribution in [2.24, 2.45) is 10.9 Å². The predicted octanol–water partition coefficient (Wildman–Crippen LogP) is 4.53. The summed E-state index contributed by atoms with van der Waals surface area (Å²) in [5.74, 6) is 0.584. The van der Waals surface area contributed by atoms with Crippen molar-refractivity contribution in [2.75, 3.05) is 6.61 Å². The molecule has 2 heteroatoms. The molecule has 0 amide bonds. The van der Waals surface area contributed by atoms with Gasteiger partial charge in [0.1, 0.15) is 0 Å². The van der Waals surface area contributed by atoms with Crippen LogP contribution in [0.3, 0.4) is 0 Å². The second-order valence-electron chi connectivity index (χ2n) is 5.76. The number of rotatable bonds is 11. The van der Waals surface area contributed by atoms with Crippen LogP contribution < -0.4 is 0 Å². The molecule has 2 unspecified atom stereocenters. The molecule has 0 aliphatic carbocycles. The molecule has 1 N–H and O–H groups in total. The molecule has 19 heavy (non-hydrogen) atoms. The molecule has 0 saturated carbocycles. The van der Waals surface area contributed by atoms with E-state index in [-0.39, 0.29) is 5.54 Å². The Kier molecular flexibility index (Phi) is 8.04. The first-order chi connectivity index (χ1) is 9.29. The summed E-state index contributed by atoms with van der Waals surface area (Å²) >= 11 is 0. The first kappa shape index (κ1) is 16.4. The van der Waals surface area contributed by atoms with E-state index < -0.39 is 0 Å². The van der Waals surface area contributed by atoms with Gasteiger partial charge in [0, 0.05) is 12.8 Å². The summed E-state index contributed by atoms with van der Waals surface area (Å²) < 4.78 is 0. The summed E-state index contributed by atoms with van der Waals surface area (Å²) in [5.41, 5.74) is 0.0378. The molecule has 1 aliphatic heterocycles. The summed E-state index contributed by atoms with van der Waals surface area (Å²) in [4.78, 5) is 4.79. The lowest BCUT2D eigenvalue weighted by Gasteiger charge is -2.33. The highest BCUT2D eigenvalue weighted by atomic mass is 16.2. The van der Waals surface area contributed by atoms with Crippen LogP contribution in [0.5, 0.6) is 0 Å². The second kappa shape index (κ2) is 9.30. The normalized spacial score (nSPS) is 23.1. The molecule has 2 atom stereocenters. The highest BCUT2D eigenvalue weighted by Crippen LogP contribution is 2.37. The predicted molar refractivity (Wildman–Crippen MR) is 83.8 cm³/mol. The molecule has 0 bridgehead atoms. The van der Waals surface area contributed by atoms with Crippen LogP contribution in [0.2, 0.25) is 0 Å². The second-order valence-corrected chi connectivity index (χ2v) is 5.76. The molecule has 0 aromatic rings. The Hall–Kier alpha value is -0.630.